The average Bonchev–Trinajstić information content (AvgIpc) is 1.83. The van der Waals surface area contributed by atoms with Crippen LogP contribution in [-0.4, -0.2) is 26.8 Å². The third-order valence-electron chi connectivity index (χ3n) is 0.776. The van der Waals surface area contributed by atoms with Gasteiger partial charge >= 0.3 is 0 Å². The van der Waals surface area contributed by atoms with Crippen molar-refractivity contribution >= 4 is 6.29 Å². The maximum absolute atomic E-state index is 9.65. The molecule has 0 fully saturated rings. The molecule has 0 aromatic heterocycles. The van der Waals surface area contributed by atoms with Crippen LogP contribution in [-0.2, 0) is 14.3 Å². The minimum atomic E-state index is -0.424. The Morgan fingerprint density at radius 3 is 2.12 bits per heavy atom. The summed E-state index contributed by atoms with van der Waals surface area (Å²) >= 11 is 0. The first kappa shape index (κ1) is 7.59. The first-order valence-electron chi connectivity index (χ1n) is 2.25. The van der Waals surface area contributed by atoms with Crippen molar-refractivity contribution in [3.8, 4) is 0 Å². The number of hydrogen-bond donors (Lipinski definition) is 0. The predicted octanol–water partition coefficient (Wildman–Crippen LogP) is 0.105. The van der Waals surface area contributed by atoms with E-state index in [2.05, 4.69) is 9.47 Å². The molecule has 3 heteroatoms. The minimum absolute atomic E-state index is 0.174. The summed E-state index contributed by atoms with van der Waals surface area (Å²) < 4.78 is 9.31. The minimum Gasteiger partial charge on any atom is -0.355 e. The van der Waals surface area contributed by atoms with Gasteiger partial charge in [-0.25, -0.2) is 0 Å². The molecule has 3 nitrogen and oxygen atoms in total. The van der Waals surface area contributed by atoms with Crippen LogP contribution < -0.4 is 0 Å². The van der Waals surface area contributed by atoms with Crippen LogP contribution in [0.4, 0.5) is 0 Å². The lowest BCUT2D eigenvalue weighted by atomic mass is 10.5. The second-order valence-corrected chi connectivity index (χ2v) is 1.25. The Balaban J connectivity index is 3.20. The molecular weight excluding hydrogens is 108 g/mol. The van der Waals surface area contributed by atoms with Gasteiger partial charge in [-0.2, -0.15) is 0 Å². The highest BCUT2D eigenvalue weighted by Crippen LogP contribution is 1.92. The third-order valence-corrected chi connectivity index (χ3v) is 0.776. The molecule has 0 heterocycles. The van der Waals surface area contributed by atoms with Crippen LogP contribution in [0, 0.1) is 0 Å². The number of rotatable bonds is 4. The fraction of sp³-hybridized carbons (Fsp3) is 0.800. The van der Waals surface area contributed by atoms with Crippen molar-refractivity contribution in [3.63, 3.8) is 0 Å². The lowest BCUT2D eigenvalue weighted by molar-refractivity contribution is -0.0959. The molecule has 0 atom stereocenters. The van der Waals surface area contributed by atoms with E-state index in [9.17, 15) is 4.79 Å². The van der Waals surface area contributed by atoms with E-state index in [1.807, 2.05) is 0 Å². The molecule has 0 saturated carbocycles. The third kappa shape index (κ3) is 2.71. The Bertz CT molecular complexity index is 58.7. The monoisotopic (exact) mass is 117 g/mol. The number of methoxy groups -OCH3 is 2. The lowest BCUT2D eigenvalue weighted by Crippen LogP contribution is -2.12. The summed E-state index contributed by atoms with van der Waals surface area (Å²) in [4.78, 5) is 9.65. The SMILES string of the molecule is COC(C[C]=O)OC. The molecular formula is C5H9O3. The van der Waals surface area contributed by atoms with E-state index in [-0.39, 0.29) is 6.42 Å². The summed E-state index contributed by atoms with van der Waals surface area (Å²) in [5, 5.41) is 0. The van der Waals surface area contributed by atoms with Gasteiger partial charge < -0.3 is 9.47 Å². The van der Waals surface area contributed by atoms with Crippen LogP contribution >= 0.6 is 0 Å². The van der Waals surface area contributed by atoms with E-state index >= 15 is 0 Å². The molecule has 0 aromatic carbocycles. The Hall–Kier alpha value is -0.410. The molecule has 0 amide bonds. The van der Waals surface area contributed by atoms with E-state index in [1.54, 1.807) is 6.29 Å². The van der Waals surface area contributed by atoms with Gasteiger partial charge in [0.2, 0.25) is 6.29 Å². The van der Waals surface area contributed by atoms with Crippen molar-refractivity contribution in [2.24, 2.45) is 0 Å². The highest BCUT2D eigenvalue weighted by atomic mass is 16.7. The molecule has 1 radical (unpaired) electrons. The molecule has 0 bridgehead atoms. The van der Waals surface area contributed by atoms with Crippen LogP contribution in [0.25, 0.3) is 0 Å². The van der Waals surface area contributed by atoms with Crippen molar-refractivity contribution in [1.29, 1.82) is 0 Å². The molecule has 47 valence electrons. The van der Waals surface area contributed by atoms with Crippen LogP contribution in [0.2, 0.25) is 0 Å². The smallest absolute Gasteiger partial charge is 0.203 e. The zero-order valence-corrected chi connectivity index (χ0v) is 5.01. The molecule has 0 unspecified atom stereocenters. The highest BCUT2D eigenvalue weighted by molar-refractivity contribution is 5.50. The van der Waals surface area contributed by atoms with E-state index in [0.29, 0.717) is 0 Å². The van der Waals surface area contributed by atoms with E-state index < -0.39 is 6.29 Å². The highest BCUT2D eigenvalue weighted by Gasteiger charge is 2.01. The van der Waals surface area contributed by atoms with E-state index in [0.717, 1.165) is 0 Å². The van der Waals surface area contributed by atoms with Crippen LogP contribution in [0.15, 0.2) is 0 Å². The van der Waals surface area contributed by atoms with E-state index in [1.165, 1.54) is 14.2 Å². The molecule has 0 aliphatic rings. The van der Waals surface area contributed by atoms with Gasteiger partial charge in [0.1, 0.15) is 0 Å². The Kier molecular flexibility index (Phi) is 4.50. The number of carbonyl (C=O) groups excluding carboxylic acids is 1. The van der Waals surface area contributed by atoms with Gasteiger partial charge in [0.25, 0.3) is 0 Å². The summed E-state index contributed by atoms with van der Waals surface area (Å²) in [6.45, 7) is 0. The van der Waals surface area contributed by atoms with Crippen molar-refractivity contribution in [1.82, 2.24) is 0 Å². The second kappa shape index (κ2) is 4.74. The Morgan fingerprint density at radius 2 is 2.00 bits per heavy atom. The predicted molar refractivity (Wildman–Crippen MR) is 28.1 cm³/mol. The maximum atomic E-state index is 9.65. The van der Waals surface area contributed by atoms with E-state index in [4.69, 9.17) is 0 Å². The summed E-state index contributed by atoms with van der Waals surface area (Å²) in [6.07, 6.45) is 1.42. The quantitative estimate of drug-likeness (QED) is 0.490. The lowest BCUT2D eigenvalue weighted by Gasteiger charge is -2.07. The van der Waals surface area contributed by atoms with Gasteiger partial charge in [-0.15, -0.1) is 0 Å². The summed E-state index contributed by atoms with van der Waals surface area (Å²) in [5.74, 6) is 0. The zero-order chi connectivity index (χ0) is 6.41. The first-order valence-corrected chi connectivity index (χ1v) is 2.25. The zero-order valence-electron chi connectivity index (χ0n) is 5.01. The van der Waals surface area contributed by atoms with Crippen LogP contribution in [0.1, 0.15) is 6.42 Å². The standard InChI is InChI=1S/C5H9O3/c1-7-5(8-2)3-4-6/h5H,3H2,1-2H3. The summed E-state index contributed by atoms with van der Waals surface area (Å²) in [7, 11) is 2.96. The second-order valence-electron chi connectivity index (χ2n) is 1.25. The summed E-state index contributed by atoms with van der Waals surface area (Å²) in [6, 6.07) is 0. The molecule has 0 aliphatic carbocycles. The van der Waals surface area contributed by atoms with Crippen molar-refractivity contribution in [3.05, 3.63) is 0 Å². The fourth-order valence-electron chi connectivity index (χ4n) is 0.331. The number of ether oxygens (including phenoxy) is 2. The molecule has 0 rings (SSSR count). The Labute approximate surface area is 48.6 Å². The van der Waals surface area contributed by atoms with Gasteiger partial charge in [-0.05, 0) is 0 Å². The topological polar surface area (TPSA) is 35.5 Å². The molecule has 8 heavy (non-hydrogen) atoms. The van der Waals surface area contributed by atoms with Gasteiger partial charge in [-0.3, -0.25) is 4.79 Å². The normalized spacial score (nSPS) is 9.88. The molecule has 0 aromatic rings. The molecule has 0 spiro atoms. The molecule has 0 N–H and O–H groups in total. The van der Waals surface area contributed by atoms with Crippen molar-refractivity contribution < 1.29 is 14.3 Å². The molecule has 0 saturated heterocycles. The van der Waals surface area contributed by atoms with Gasteiger partial charge in [0, 0.05) is 14.2 Å². The maximum Gasteiger partial charge on any atom is 0.203 e. The first-order chi connectivity index (χ1) is 3.85. The van der Waals surface area contributed by atoms with Gasteiger partial charge in [-0.1, -0.05) is 0 Å². The van der Waals surface area contributed by atoms with Crippen molar-refractivity contribution in [2.75, 3.05) is 14.2 Å². The fourth-order valence-corrected chi connectivity index (χ4v) is 0.331. The summed E-state index contributed by atoms with van der Waals surface area (Å²) in [5.41, 5.74) is 0. The largest absolute Gasteiger partial charge is 0.355 e. The van der Waals surface area contributed by atoms with Gasteiger partial charge in [0.15, 0.2) is 6.29 Å². The molecule has 0 aliphatic heterocycles. The van der Waals surface area contributed by atoms with Crippen LogP contribution in [0.3, 0.4) is 0 Å². The van der Waals surface area contributed by atoms with Crippen LogP contribution in [0.5, 0.6) is 0 Å². The van der Waals surface area contributed by atoms with Crippen molar-refractivity contribution in [2.45, 2.75) is 12.7 Å². The Morgan fingerprint density at radius 1 is 1.50 bits per heavy atom. The number of hydrogen-bond acceptors (Lipinski definition) is 3. The average molecular weight is 117 g/mol. The van der Waals surface area contributed by atoms with Gasteiger partial charge in [0.05, 0.1) is 6.42 Å².